The van der Waals surface area contributed by atoms with Gasteiger partial charge in [-0.05, 0) is 43.3 Å². The Morgan fingerprint density at radius 1 is 1.33 bits per heavy atom. The number of unbranched alkanes of at least 4 members (excludes halogenated alkanes) is 1. The molecule has 0 fully saturated rings. The van der Waals surface area contributed by atoms with Gasteiger partial charge in [0, 0.05) is 23.6 Å². The fraction of sp³-hybridized carbons (Fsp3) is 0.462. The van der Waals surface area contributed by atoms with Gasteiger partial charge in [0.2, 0.25) is 0 Å². The molecule has 1 aromatic rings. The lowest BCUT2D eigenvalue weighted by Crippen LogP contribution is -2.26. The third-order valence-corrected chi connectivity index (χ3v) is 2.74. The van der Waals surface area contributed by atoms with Gasteiger partial charge in [0.1, 0.15) is 0 Å². The van der Waals surface area contributed by atoms with E-state index in [-0.39, 0.29) is 5.91 Å². The van der Waals surface area contributed by atoms with E-state index in [0.29, 0.717) is 13.1 Å². The molecule has 0 bridgehead atoms. The van der Waals surface area contributed by atoms with Gasteiger partial charge in [-0.3, -0.25) is 4.79 Å². The summed E-state index contributed by atoms with van der Waals surface area (Å²) in [6.45, 7) is 4.95. The second-order valence-corrected chi connectivity index (χ2v) is 4.18. The van der Waals surface area contributed by atoms with Crippen molar-refractivity contribution in [1.82, 2.24) is 5.32 Å². The van der Waals surface area contributed by atoms with Gasteiger partial charge in [-0.25, -0.2) is 0 Å². The average molecular weight is 246 g/mol. The smallest absolute Gasteiger partial charge is 0.251 e. The zero-order chi connectivity index (χ0) is 13.4. The fourth-order valence-corrected chi connectivity index (χ4v) is 1.82. The van der Waals surface area contributed by atoms with E-state index in [1.807, 2.05) is 32.0 Å². The number of aryl methyl sites for hydroxylation is 2. The predicted octanol–water partition coefficient (Wildman–Crippen LogP) is 3.12. The van der Waals surface area contributed by atoms with E-state index >= 15 is 0 Å². The Morgan fingerprint density at radius 3 is 2.61 bits per heavy atom. The molecule has 18 heavy (non-hydrogen) atoms. The number of rotatable bonds is 6. The Bertz CT molecular complexity index is 444. The number of benzene rings is 1. The summed E-state index contributed by atoms with van der Waals surface area (Å²) in [6, 6.07) is 5.81. The number of carbonyl (C=O) groups is 1. The number of nitrogens with one attached hydrogen (secondary N) is 1. The van der Waals surface area contributed by atoms with Crippen LogP contribution in [0.25, 0.3) is 10.4 Å². The maximum absolute atomic E-state index is 12.0. The third-order valence-electron chi connectivity index (χ3n) is 2.74. The van der Waals surface area contributed by atoms with E-state index in [1.165, 1.54) is 0 Å². The molecule has 0 unspecified atom stereocenters. The first-order chi connectivity index (χ1) is 8.66. The number of hydrogen-bond donors (Lipinski definition) is 1. The first-order valence-electron chi connectivity index (χ1n) is 6.02. The summed E-state index contributed by atoms with van der Waals surface area (Å²) in [5.74, 6) is -0.0330. The number of amides is 1. The van der Waals surface area contributed by atoms with Crippen molar-refractivity contribution in [2.24, 2.45) is 5.11 Å². The summed E-state index contributed by atoms with van der Waals surface area (Å²) in [5, 5.41) is 6.33. The fourth-order valence-electron chi connectivity index (χ4n) is 1.82. The summed E-state index contributed by atoms with van der Waals surface area (Å²) in [6.07, 6.45) is 1.60. The van der Waals surface area contributed by atoms with Gasteiger partial charge < -0.3 is 5.32 Å². The van der Waals surface area contributed by atoms with Crippen LogP contribution in [0.2, 0.25) is 0 Å². The van der Waals surface area contributed by atoms with Crippen LogP contribution < -0.4 is 5.32 Å². The number of hydrogen-bond acceptors (Lipinski definition) is 2. The van der Waals surface area contributed by atoms with Crippen molar-refractivity contribution in [2.75, 3.05) is 13.1 Å². The van der Waals surface area contributed by atoms with Crippen LogP contribution in [0.4, 0.5) is 0 Å². The van der Waals surface area contributed by atoms with Crippen molar-refractivity contribution in [1.29, 1.82) is 0 Å². The lowest BCUT2D eigenvalue weighted by molar-refractivity contribution is 0.0952. The van der Waals surface area contributed by atoms with Gasteiger partial charge in [0.25, 0.3) is 5.91 Å². The molecule has 1 aromatic carbocycles. The van der Waals surface area contributed by atoms with Crippen LogP contribution in [0, 0.1) is 13.8 Å². The molecule has 1 N–H and O–H groups in total. The molecule has 0 aliphatic heterocycles. The zero-order valence-corrected chi connectivity index (χ0v) is 10.8. The second kappa shape index (κ2) is 7.35. The summed E-state index contributed by atoms with van der Waals surface area (Å²) < 4.78 is 0. The topological polar surface area (TPSA) is 77.9 Å². The van der Waals surface area contributed by atoms with Crippen LogP contribution in [-0.2, 0) is 0 Å². The van der Waals surface area contributed by atoms with Gasteiger partial charge in [0.05, 0.1) is 0 Å². The molecule has 0 aliphatic rings. The molecule has 0 saturated heterocycles. The van der Waals surface area contributed by atoms with Crippen LogP contribution in [0.1, 0.15) is 34.3 Å². The highest BCUT2D eigenvalue weighted by atomic mass is 16.1. The summed E-state index contributed by atoms with van der Waals surface area (Å²) in [7, 11) is 0. The largest absolute Gasteiger partial charge is 0.352 e. The molecule has 1 rings (SSSR count). The number of nitrogens with zero attached hydrogens (tertiary/aromatic N) is 3. The number of azide groups is 1. The summed E-state index contributed by atoms with van der Waals surface area (Å²) in [4.78, 5) is 14.7. The van der Waals surface area contributed by atoms with Crippen molar-refractivity contribution in [3.05, 3.63) is 45.3 Å². The van der Waals surface area contributed by atoms with E-state index in [2.05, 4.69) is 15.3 Å². The first kappa shape index (κ1) is 14.1. The van der Waals surface area contributed by atoms with Gasteiger partial charge >= 0.3 is 0 Å². The Morgan fingerprint density at radius 2 is 2.00 bits per heavy atom. The van der Waals surface area contributed by atoms with Gasteiger partial charge in [-0.1, -0.05) is 23.3 Å². The van der Waals surface area contributed by atoms with Gasteiger partial charge in [0.15, 0.2) is 0 Å². The Hall–Kier alpha value is -2.00. The average Bonchev–Trinajstić information content (AvgIpc) is 2.33. The molecule has 0 aromatic heterocycles. The molecule has 0 aliphatic carbocycles. The summed E-state index contributed by atoms with van der Waals surface area (Å²) in [5.41, 5.74) is 10.8. The van der Waals surface area contributed by atoms with E-state index in [1.54, 1.807) is 0 Å². The van der Waals surface area contributed by atoms with Crippen LogP contribution in [-0.4, -0.2) is 19.0 Å². The van der Waals surface area contributed by atoms with Crippen LogP contribution in [0.5, 0.6) is 0 Å². The van der Waals surface area contributed by atoms with E-state index in [4.69, 9.17) is 5.53 Å². The quantitative estimate of drug-likeness (QED) is 0.356. The maximum Gasteiger partial charge on any atom is 0.251 e. The Balaban J connectivity index is 2.43. The third kappa shape index (κ3) is 4.11. The SMILES string of the molecule is Cc1cccc(C)c1C(=O)NCCCCN=[N+]=[N-]. The minimum atomic E-state index is -0.0330. The van der Waals surface area contributed by atoms with Crippen molar-refractivity contribution in [3.8, 4) is 0 Å². The molecule has 0 heterocycles. The minimum absolute atomic E-state index is 0.0330. The van der Waals surface area contributed by atoms with Gasteiger partial charge in [-0.15, -0.1) is 0 Å². The molecule has 0 spiro atoms. The molecule has 0 radical (unpaired) electrons. The highest BCUT2D eigenvalue weighted by molar-refractivity contribution is 5.96. The van der Waals surface area contributed by atoms with Crippen molar-refractivity contribution in [2.45, 2.75) is 26.7 Å². The molecular formula is C13H18N4O. The van der Waals surface area contributed by atoms with Crippen molar-refractivity contribution < 1.29 is 4.79 Å². The number of carbonyl (C=O) groups excluding carboxylic acids is 1. The maximum atomic E-state index is 12.0. The summed E-state index contributed by atoms with van der Waals surface area (Å²) >= 11 is 0. The van der Waals surface area contributed by atoms with Crippen LogP contribution in [0.15, 0.2) is 23.3 Å². The first-order valence-corrected chi connectivity index (χ1v) is 6.02. The van der Waals surface area contributed by atoms with Crippen molar-refractivity contribution >= 4 is 5.91 Å². The second-order valence-electron chi connectivity index (χ2n) is 4.18. The standard InChI is InChI=1S/C13H18N4O/c1-10-6-5-7-11(2)12(10)13(18)15-8-3-4-9-16-17-14/h5-7H,3-4,8-9H2,1-2H3,(H,15,18). The lowest BCUT2D eigenvalue weighted by atomic mass is 10.0. The van der Waals surface area contributed by atoms with E-state index in [0.717, 1.165) is 29.5 Å². The molecule has 0 saturated carbocycles. The van der Waals surface area contributed by atoms with Crippen molar-refractivity contribution in [3.63, 3.8) is 0 Å². The zero-order valence-electron chi connectivity index (χ0n) is 10.8. The molecule has 96 valence electrons. The molecule has 0 atom stereocenters. The molecule has 5 heteroatoms. The highest BCUT2D eigenvalue weighted by Crippen LogP contribution is 2.12. The highest BCUT2D eigenvalue weighted by Gasteiger charge is 2.10. The monoisotopic (exact) mass is 246 g/mol. The Labute approximate surface area is 107 Å². The molecular weight excluding hydrogens is 228 g/mol. The van der Waals surface area contributed by atoms with E-state index < -0.39 is 0 Å². The van der Waals surface area contributed by atoms with Crippen LogP contribution in [0.3, 0.4) is 0 Å². The van der Waals surface area contributed by atoms with Crippen LogP contribution >= 0.6 is 0 Å². The predicted molar refractivity (Wildman–Crippen MR) is 71.5 cm³/mol. The van der Waals surface area contributed by atoms with E-state index in [9.17, 15) is 4.79 Å². The Kier molecular flexibility index (Phi) is 5.74. The normalized spacial score (nSPS) is 9.67. The minimum Gasteiger partial charge on any atom is -0.352 e. The molecule has 5 nitrogen and oxygen atoms in total. The molecule has 1 amide bonds. The lowest BCUT2D eigenvalue weighted by Gasteiger charge is -2.09. The van der Waals surface area contributed by atoms with Gasteiger partial charge in [-0.2, -0.15) is 0 Å².